The summed E-state index contributed by atoms with van der Waals surface area (Å²) in [5.74, 6) is 1.36. The van der Waals surface area contributed by atoms with Gasteiger partial charge < -0.3 is 14.8 Å². The van der Waals surface area contributed by atoms with Gasteiger partial charge in [-0.25, -0.2) is 0 Å². The number of anilines is 1. The highest BCUT2D eigenvalue weighted by Gasteiger charge is 2.25. The van der Waals surface area contributed by atoms with Crippen LogP contribution in [0.3, 0.4) is 0 Å². The average Bonchev–Trinajstić information content (AvgIpc) is 2.98. The monoisotopic (exact) mass is 393 g/mol. The lowest BCUT2D eigenvalue weighted by molar-refractivity contribution is -0.110. The van der Waals surface area contributed by atoms with Gasteiger partial charge in [-0.3, -0.25) is 4.79 Å². The molecule has 0 bridgehead atoms. The second-order valence-electron chi connectivity index (χ2n) is 6.43. The summed E-state index contributed by atoms with van der Waals surface area (Å²) in [6.07, 6.45) is 1.89. The van der Waals surface area contributed by atoms with Crippen LogP contribution < -0.4 is 14.8 Å². The summed E-state index contributed by atoms with van der Waals surface area (Å²) in [5, 5.41) is 5.49. The number of amides is 1. The molecule has 0 fully saturated rings. The van der Waals surface area contributed by atoms with E-state index in [0.717, 1.165) is 39.1 Å². The minimum Gasteiger partial charge on any atom is -0.494 e. The van der Waals surface area contributed by atoms with Gasteiger partial charge in [0.05, 0.1) is 18.9 Å². The highest BCUT2D eigenvalue weighted by Crippen LogP contribution is 2.38. The Morgan fingerprint density at radius 2 is 1.79 bits per heavy atom. The van der Waals surface area contributed by atoms with Gasteiger partial charge in [-0.05, 0) is 61.0 Å². The lowest BCUT2D eigenvalue weighted by atomic mass is 9.98. The number of halogens is 1. The zero-order chi connectivity index (χ0) is 19.7. The summed E-state index contributed by atoms with van der Waals surface area (Å²) >= 11 is 6.07. The number of carbonyl (C=O) groups is 1. The molecule has 1 N–H and O–H groups in total. The lowest BCUT2D eigenvalue weighted by Gasteiger charge is -2.13. The molecule has 0 saturated carbocycles. The Kier molecular flexibility index (Phi) is 4.97. The molecule has 1 aliphatic heterocycles. The number of rotatable bonds is 5. The Balaban J connectivity index is 1.94. The molecule has 3 aromatic rings. The molecule has 142 valence electrons. The maximum absolute atomic E-state index is 12.6. The van der Waals surface area contributed by atoms with Crippen molar-refractivity contribution < 1.29 is 14.3 Å². The first-order valence-corrected chi connectivity index (χ1v) is 9.63. The Morgan fingerprint density at radius 3 is 2.57 bits per heavy atom. The van der Waals surface area contributed by atoms with Gasteiger partial charge in [-0.15, -0.1) is 0 Å². The Morgan fingerprint density at radius 1 is 1.00 bits per heavy atom. The van der Waals surface area contributed by atoms with Crippen LogP contribution in [-0.2, 0) is 4.79 Å². The molecule has 1 aliphatic rings. The van der Waals surface area contributed by atoms with E-state index in [-0.39, 0.29) is 5.91 Å². The molecule has 0 saturated heterocycles. The van der Waals surface area contributed by atoms with Crippen molar-refractivity contribution in [2.24, 2.45) is 0 Å². The van der Waals surface area contributed by atoms with Crippen molar-refractivity contribution in [3.63, 3.8) is 0 Å². The summed E-state index contributed by atoms with van der Waals surface area (Å²) in [6.45, 7) is 5.01. The molecule has 0 atom stereocenters. The molecular formula is C23H20ClNO3. The lowest BCUT2D eigenvalue weighted by Crippen LogP contribution is -2.04. The Hall–Kier alpha value is -2.98. The van der Waals surface area contributed by atoms with E-state index in [2.05, 4.69) is 5.32 Å². The van der Waals surface area contributed by atoms with Gasteiger partial charge in [0.25, 0.3) is 5.91 Å². The standard InChI is InChI=1S/C23H20ClNO3/c1-3-27-16-8-5-14-6-10-22(28-4-2)19(18(14)12-16)13-20-17-9-7-15(24)11-21(17)25-23(20)26/h5-13H,3-4H2,1-2H3,(H,25,26)/b20-13+. The summed E-state index contributed by atoms with van der Waals surface area (Å²) in [6, 6.07) is 15.3. The number of hydrogen-bond donors (Lipinski definition) is 1. The SMILES string of the molecule is CCOc1ccc2ccc(OCC)c(/C=C3/C(=O)Nc4cc(Cl)ccc43)c2c1. The highest BCUT2D eigenvalue weighted by atomic mass is 35.5. The third-order valence-electron chi connectivity index (χ3n) is 4.66. The molecule has 5 heteroatoms. The minimum atomic E-state index is -0.155. The van der Waals surface area contributed by atoms with Crippen LogP contribution >= 0.6 is 11.6 Å². The first-order valence-electron chi connectivity index (χ1n) is 9.26. The van der Waals surface area contributed by atoms with Crippen molar-refractivity contribution in [1.29, 1.82) is 0 Å². The molecule has 0 unspecified atom stereocenters. The van der Waals surface area contributed by atoms with Gasteiger partial charge in [0.1, 0.15) is 11.5 Å². The largest absolute Gasteiger partial charge is 0.494 e. The topological polar surface area (TPSA) is 47.6 Å². The van der Waals surface area contributed by atoms with Crippen LogP contribution in [0.1, 0.15) is 25.0 Å². The van der Waals surface area contributed by atoms with E-state index in [4.69, 9.17) is 21.1 Å². The number of ether oxygens (including phenoxy) is 2. The number of carbonyl (C=O) groups excluding carboxylic acids is 1. The Labute approximate surface area is 168 Å². The summed E-state index contributed by atoms with van der Waals surface area (Å²) in [4.78, 5) is 12.6. The maximum Gasteiger partial charge on any atom is 0.256 e. The van der Waals surface area contributed by atoms with Gasteiger partial charge in [0.15, 0.2) is 0 Å². The first kappa shape index (κ1) is 18.4. The Bertz CT molecular complexity index is 1100. The van der Waals surface area contributed by atoms with Crippen molar-refractivity contribution in [1.82, 2.24) is 0 Å². The van der Waals surface area contributed by atoms with E-state index in [9.17, 15) is 4.79 Å². The van der Waals surface area contributed by atoms with Crippen LogP contribution in [0.2, 0.25) is 5.02 Å². The predicted octanol–water partition coefficient (Wildman–Crippen LogP) is 5.78. The van der Waals surface area contributed by atoms with Crippen LogP contribution in [0.15, 0.2) is 48.5 Å². The second-order valence-corrected chi connectivity index (χ2v) is 6.86. The normalized spacial score (nSPS) is 14.2. The molecule has 0 aromatic heterocycles. The number of hydrogen-bond acceptors (Lipinski definition) is 3. The molecule has 4 nitrogen and oxygen atoms in total. The summed E-state index contributed by atoms with van der Waals surface area (Å²) < 4.78 is 11.5. The van der Waals surface area contributed by atoms with Gasteiger partial charge in [0, 0.05) is 21.7 Å². The zero-order valence-electron chi connectivity index (χ0n) is 15.7. The van der Waals surface area contributed by atoms with Crippen LogP contribution in [0.25, 0.3) is 22.4 Å². The van der Waals surface area contributed by atoms with Crippen LogP contribution in [0, 0.1) is 0 Å². The highest BCUT2D eigenvalue weighted by molar-refractivity contribution is 6.37. The number of fused-ring (bicyclic) bond motifs is 2. The predicted molar refractivity (Wildman–Crippen MR) is 114 cm³/mol. The van der Waals surface area contributed by atoms with Gasteiger partial charge in [0.2, 0.25) is 0 Å². The quantitative estimate of drug-likeness (QED) is 0.558. The van der Waals surface area contributed by atoms with E-state index >= 15 is 0 Å². The van der Waals surface area contributed by atoms with E-state index in [0.29, 0.717) is 23.8 Å². The van der Waals surface area contributed by atoms with Crippen LogP contribution in [-0.4, -0.2) is 19.1 Å². The molecule has 4 rings (SSSR count). The molecule has 0 spiro atoms. The van der Waals surface area contributed by atoms with E-state index < -0.39 is 0 Å². The van der Waals surface area contributed by atoms with Gasteiger partial charge >= 0.3 is 0 Å². The average molecular weight is 394 g/mol. The van der Waals surface area contributed by atoms with E-state index in [1.807, 2.05) is 56.3 Å². The van der Waals surface area contributed by atoms with Crippen LogP contribution in [0.4, 0.5) is 5.69 Å². The fourth-order valence-corrected chi connectivity index (χ4v) is 3.62. The fraction of sp³-hybridized carbons (Fsp3) is 0.174. The number of benzene rings is 3. The fourth-order valence-electron chi connectivity index (χ4n) is 3.44. The molecule has 1 amide bonds. The van der Waals surface area contributed by atoms with Gasteiger partial charge in [-0.1, -0.05) is 29.8 Å². The van der Waals surface area contributed by atoms with Crippen molar-refractivity contribution >= 4 is 45.6 Å². The third kappa shape index (κ3) is 3.32. The maximum atomic E-state index is 12.6. The van der Waals surface area contributed by atoms with Crippen molar-refractivity contribution in [3.8, 4) is 11.5 Å². The third-order valence-corrected chi connectivity index (χ3v) is 4.89. The van der Waals surface area contributed by atoms with Crippen molar-refractivity contribution in [3.05, 3.63) is 64.7 Å². The second kappa shape index (κ2) is 7.56. The van der Waals surface area contributed by atoms with Crippen LogP contribution in [0.5, 0.6) is 11.5 Å². The minimum absolute atomic E-state index is 0.155. The van der Waals surface area contributed by atoms with Crippen molar-refractivity contribution in [2.45, 2.75) is 13.8 Å². The summed E-state index contributed by atoms with van der Waals surface area (Å²) in [5.41, 5.74) is 2.99. The first-order chi connectivity index (χ1) is 13.6. The molecule has 28 heavy (non-hydrogen) atoms. The molecule has 3 aromatic carbocycles. The molecular weight excluding hydrogens is 374 g/mol. The number of nitrogens with one attached hydrogen (secondary N) is 1. The molecule has 0 radical (unpaired) electrons. The molecule has 0 aliphatic carbocycles. The van der Waals surface area contributed by atoms with E-state index in [1.54, 1.807) is 12.1 Å². The molecule has 1 heterocycles. The van der Waals surface area contributed by atoms with Gasteiger partial charge in [-0.2, -0.15) is 0 Å². The van der Waals surface area contributed by atoms with E-state index in [1.165, 1.54) is 0 Å². The smallest absolute Gasteiger partial charge is 0.256 e. The summed E-state index contributed by atoms with van der Waals surface area (Å²) in [7, 11) is 0. The van der Waals surface area contributed by atoms with Crippen molar-refractivity contribution in [2.75, 3.05) is 18.5 Å². The zero-order valence-corrected chi connectivity index (χ0v) is 16.5.